The van der Waals surface area contributed by atoms with Gasteiger partial charge in [-0.3, -0.25) is 0 Å². The maximum absolute atomic E-state index is 12.1. The second-order valence-electron chi connectivity index (χ2n) is 4.47. The minimum Gasteiger partial charge on any atom is -0.470 e. The number of para-hydroxylation sites is 2. The van der Waals surface area contributed by atoms with E-state index in [1.54, 1.807) is 0 Å². The average Bonchev–Trinajstić information content (AvgIpc) is 2.90. The highest BCUT2D eigenvalue weighted by Gasteiger charge is 2.27. The van der Waals surface area contributed by atoms with Crippen molar-refractivity contribution in [2.75, 3.05) is 18.2 Å². The lowest BCUT2D eigenvalue weighted by Crippen LogP contribution is -2.31. The van der Waals surface area contributed by atoms with Crippen molar-refractivity contribution in [1.29, 1.82) is 0 Å². The van der Waals surface area contributed by atoms with Crippen molar-refractivity contribution >= 4 is 28.9 Å². The lowest BCUT2D eigenvalue weighted by Gasteiger charge is -2.16. The van der Waals surface area contributed by atoms with Crippen LogP contribution in [0, 0.1) is 0 Å². The highest BCUT2D eigenvalue weighted by Crippen LogP contribution is 2.33. The van der Waals surface area contributed by atoms with Crippen LogP contribution in [-0.4, -0.2) is 24.3 Å². The Labute approximate surface area is 122 Å². The topological polar surface area (TPSA) is 38.8 Å². The lowest BCUT2D eigenvalue weighted by molar-refractivity contribution is 0.160. The van der Waals surface area contributed by atoms with Gasteiger partial charge in [0.2, 0.25) is 0 Å². The molecule has 1 heterocycles. The van der Waals surface area contributed by atoms with Crippen LogP contribution in [0.1, 0.15) is 6.42 Å². The van der Waals surface area contributed by atoms with Gasteiger partial charge >= 0.3 is 6.09 Å². The molecule has 1 amide bonds. The first-order valence-corrected chi connectivity index (χ1v) is 6.71. The molecular formula is C15H13NO3S. The molecule has 1 aromatic carbocycles. The van der Waals surface area contributed by atoms with Gasteiger partial charge in [-0.05, 0) is 12.1 Å². The normalized spacial score (nSPS) is 16.5. The van der Waals surface area contributed by atoms with Crippen LogP contribution in [0.2, 0.25) is 0 Å². The number of anilines is 1. The number of amides is 1. The van der Waals surface area contributed by atoms with Crippen molar-refractivity contribution in [2.45, 2.75) is 6.42 Å². The molecule has 0 radical (unpaired) electrons. The quantitative estimate of drug-likeness (QED) is 0.783. The number of allylic oxidation sites excluding steroid dienone is 3. The summed E-state index contributed by atoms with van der Waals surface area (Å²) in [7, 11) is 0. The maximum Gasteiger partial charge on any atom is 0.417 e. The molecule has 0 N–H and O–H groups in total. The monoisotopic (exact) mass is 287 g/mol. The van der Waals surface area contributed by atoms with E-state index in [0.717, 1.165) is 22.5 Å². The molecule has 0 fully saturated rings. The van der Waals surface area contributed by atoms with Gasteiger partial charge in [0.15, 0.2) is 6.73 Å². The van der Waals surface area contributed by atoms with Gasteiger partial charge in [0.1, 0.15) is 12.4 Å². The number of carbonyl (C=O) groups excluding carboxylic acids is 1. The Morgan fingerprint density at radius 1 is 1.40 bits per heavy atom. The Bertz CT molecular complexity index is 621. The smallest absolute Gasteiger partial charge is 0.417 e. The minimum atomic E-state index is -0.423. The zero-order valence-corrected chi connectivity index (χ0v) is 11.6. The molecule has 4 nitrogen and oxygen atoms in total. The number of carbonyl (C=O) groups is 1. The second kappa shape index (κ2) is 5.46. The SMILES string of the molecule is O=C(OCC1=CC=CCC1=S)N1COc2ccccc21. The number of thiocarbonyl (C=S) groups is 1. The van der Waals surface area contributed by atoms with Crippen molar-refractivity contribution < 1.29 is 14.3 Å². The van der Waals surface area contributed by atoms with Crippen molar-refractivity contribution in [1.82, 2.24) is 0 Å². The van der Waals surface area contributed by atoms with Gasteiger partial charge in [0, 0.05) is 16.9 Å². The highest BCUT2D eigenvalue weighted by atomic mass is 32.1. The molecule has 0 bridgehead atoms. The molecule has 1 aliphatic heterocycles. The summed E-state index contributed by atoms with van der Waals surface area (Å²) in [4.78, 5) is 14.4. The lowest BCUT2D eigenvalue weighted by atomic mass is 10.1. The summed E-state index contributed by atoms with van der Waals surface area (Å²) >= 11 is 5.23. The molecule has 5 heteroatoms. The predicted molar refractivity (Wildman–Crippen MR) is 80.2 cm³/mol. The van der Waals surface area contributed by atoms with E-state index in [9.17, 15) is 4.79 Å². The van der Waals surface area contributed by atoms with Crippen LogP contribution in [-0.2, 0) is 4.74 Å². The van der Waals surface area contributed by atoms with Crippen molar-refractivity contribution in [2.24, 2.45) is 0 Å². The molecule has 20 heavy (non-hydrogen) atoms. The summed E-state index contributed by atoms with van der Waals surface area (Å²) in [6.07, 6.45) is 6.10. The first kappa shape index (κ1) is 12.9. The molecule has 102 valence electrons. The van der Waals surface area contributed by atoms with Crippen LogP contribution in [0.25, 0.3) is 0 Å². The second-order valence-corrected chi connectivity index (χ2v) is 4.96. The number of rotatable bonds is 2. The van der Waals surface area contributed by atoms with Gasteiger partial charge in [-0.15, -0.1) is 0 Å². The largest absolute Gasteiger partial charge is 0.470 e. The van der Waals surface area contributed by atoms with Crippen molar-refractivity contribution in [3.8, 4) is 5.75 Å². The molecule has 0 aromatic heterocycles. The number of fused-ring (bicyclic) bond motifs is 1. The number of hydrogen-bond acceptors (Lipinski definition) is 4. The van der Waals surface area contributed by atoms with Crippen LogP contribution in [0.4, 0.5) is 10.5 Å². The minimum absolute atomic E-state index is 0.182. The van der Waals surface area contributed by atoms with Crippen molar-refractivity contribution in [3.05, 3.63) is 48.1 Å². The van der Waals surface area contributed by atoms with Gasteiger partial charge in [-0.1, -0.05) is 42.6 Å². The summed E-state index contributed by atoms with van der Waals surface area (Å²) in [5.74, 6) is 0.694. The molecule has 0 saturated heterocycles. The van der Waals surface area contributed by atoms with E-state index >= 15 is 0 Å². The van der Waals surface area contributed by atoms with Gasteiger partial charge in [0.05, 0.1) is 5.69 Å². The van der Waals surface area contributed by atoms with E-state index in [1.165, 1.54) is 4.90 Å². The van der Waals surface area contributed by atoms with E-state index in [2.05, 4.69) is 0 Å². The van der Waals surface area contributed by atoms with Crippen molar-refractivity contribution in [3.63, 3.8) is 0 Å². The fourth-order valence-corrected chi connectivity index (χ4v) is 2.31. The molecule has 0 spiro atoms. The first-order valence-electron chi connectivity index (χ1n) is 6.31. The van der Waals surface area contributed by atoms with Crippen LogP contribution in [0.5, 0.6) is 5.75 Å². The standard InChI is InChI=1S/C15H13NO3S/c17-15(18-9-11-5-1-4-8-14(11)20)16-10-19-13-7-3-2-6-12(13)16/h1-7H,8-10H2. The Kier molecular flexibility index (Phi) is 3.52. The number of nitrogens with zero attached hydrogens (tertiary/aromatic N) is 1. The molecular weight excluding hydrogens is 274 g/mol. The van der Waals surface area contributed by atoms with Gasteiger partial charge in [-0.25, -0.2) is 9.69 Å². The first-order chi connectivity index (χ1) is 9.75. The van der Waals surface area contributed by atoms with E-state index in [0.29, 0.717) is 5.75 Å². The summed E-state index contributed by atoms with van der Waals surface area (Å²) in [6, 6.07) is 7.38. The van der Waals surface area contributed by atoms with Crippen LogP contribution in [0.15, 0.2) is 48.1 Å². The third-order valence-electron chi connectivity index (χ3n) is 3.17. The Morgan fingerprint density at radius 3 is 3.10 bits per heavy atom. The van der Waals surface area contributed by atoms with Crippen LogP contribution < -0.4 is 9.64 Å². The van der Waals surface area contributed by atoms with E-state index < -0.39 is 6.09 Å². The van der Waals surface area contributed by atoms with Gasteiger partial charge < -0.3 is 9.47 Å². The van der Waals surface area contributed by atoms with E-state index in [-0.39, 0.29) is 13.3 Å². The molecule has 2 aliphatic rings. The Hall–Kier alpha value is -2.14. The average molecular weight is 287 g/mol. The molecule has 3 rings (SSSR count). The Morgan fingerprint density at radius 2 is 2.25 bits per heavy atom. The molecule has 0 unspecified atom stereocenters. The van der Waals surface area contributed by atoms with Crippen LogP contribution in [0.3, 0.4) is 0 Å². The fourth-order valence-electron chi connectivity index (χ4n) is 2.09. The molecule has 0 saturated carbocycles. The predicted octanol–water partition coefficient (Wildman–Crippen LogP) is 3.24. The summed E-state index contributed by atoms with van der Waals surface area (Å²) < 4.78 is 10.7. The summed E-state index contributed by atoms with van der Waals surface area (Å²) in [5.41, 5.74) is 1.61. The number of ether oxygens (including phenoxy) is 2. The van der Waals surface area contributed by atoms with E-state index in [1.807, 2.05) is 42.5 Å². The zero-order valence-electron chi connectivity index (χ0n) is 10.7. The summed E-state index contributed by atoms with van der Waals surface area (Å²) in [6.45, 7) is 0.377. The van der Waals surface area contributed by atoms with Gasteiger partial charge in [0.25, 0.3) is 0 Å². The maximum atomic E-state index is 12.1. The van der Waals surface area contributed by atoms with Crippen LogP contribution >= 0.6 is 12.2 Å². The molecule has 0 atom stereocenters. The van der Waals surface area contributed by atoms with E-state index in [4.69, 9.17) is 21.7 Å². The third kappa shape index (κ3) is 2.44. The molecule has 1 aliphatic carbocycles. The number of benzene rings is 1. The Balaban J connectivity index is 1.65. The third-order valence-corrected chi connectivity index (χ3v) is 3.60. The number of hydrogen-bond donors (Lipinski definition) is 0. The zero-order chi connectivity index (χ0) is 13.9. The highest BCUT2D eigenvalue weighted by molar-refractivity contribution is 7.80. The summed E-state index contributed by atoms with van der Waals surface area (Å²) in [5, 5.41) is 0. The van der Waals surface area contributed by atoms with Gasteiger partial charge in [-0.2, -0.15) is 0 Å². The molecule has 1 aromatic rings. The fraction of sp³-hybridized carbons (Fsp3) is 0.200.